The molecule has 3 aromatic rings. The number of carbonyl (C=O) groups excluding carboxylic acids is 1. The van der Waals surface area contributed by atoms with Gasteiger partial charge >= 0.3 is 0 Å². The summed E-state index contributed by atoms with van der Waals surface area (Å²) in [7, 11) is 0. The van der Waals surface area contributed by atoms with E-state index in [9.17, 15) is 4.79 Å². The summed E-state index contributed by atoms with van der Waals surface area (Å²) < 4.78 is 2.16. The quantitative estimate of drug-likeness (QED) is 0.418. The van der Waals surface area contributed by atoms with Crippen LogP contribution in [0, 0.1) is 27.7 Å². The van der Waals surface area contributed by atoms with Gasteiger partial charge in [0.15, 0.2) is 24.7 Å². The van der Waals surface area contributed by atoms with Crippen molar-refractivity contribution in [1.29, 1.82) is 0 Å². The lowest BCUT2D eigenvalue weighted by molar-refractivity contribution is -0.688. The van der Waals surface area contributed by atoms with Crippen molar-refractivity contribution < 1.29 is 9.36 Å². The monoisotopic (exact) mass is 384 g/mol. The Bertz CT molecular complexity index is 1090. The Hall–Kier alpha value is -3.00. The average molecular weight is 385 g/mol. The van der Waals surface area contributed by atoms with Gasteiger partial charge in [-0.15, -0.1) is 0 Å². The molecule has 2 heteroatoms. The lowest BCUT2D eigenvalue weighted by Gasteiger charge is -2.14. The van der Waals surface area contributed by atoms with Gasteiger partial charge in [-0.3, -0.25) is 4.79 Å². The largest absolute Gasteiger partial charge is 0.289 e. The van der Waals surface area contributed by atoms with Gasteiger partial charge < -0.3 is 0 Å². The van der Waals surface area contributed by atoms with E-state index in [0.717, 1.165) is 35.2 Å². The first-order valence-electron chi connectivity index (χ1n) is 9.83. The van der Waals surface area contributed by atoms with Gasteiger partial charge in [-0.05, 0) is 67.2 Å². The van der Waals surface area contributed by atoms with Crippen LogP contribution in [-0.4, -0.2) is 5.78 Å². The summed E-state index contributed by atoms with van der Waals surface area (Å²) in [4.78, 5) is 13.1. The highest BCUT2D eigenvalue weighted by Crippen LogP contribution is 2.36. The van der Waals surface area contributed by atoms with Crippen LogP contribution in [0.2, 0.25) is 0 Å². The Kier molecular flexibility index (Phi) is 5.83. The number of benzene rings is 2. The number of hydrogen-bond acceptors (Lipinski definition) is 1. The summed E-state index contributed by atoms with van der Waals surface area (Å²) in [5, 5.41) is 0. The maximum atomic E-state index is 13.1. The van der Waals surface area contributed by atoms with Crippen LogP contribution in [0.5, 0.6) is 0 Å². The van der Waals surface area contributed by atoms with Gasteiger partial charge in [-0.2, -0.15) is 0 Å². The van der Waals surface area contributed by atoms with E-state index in [0.29, 0.717) is 0 Å². The number of rotatable bonds is 3. The summed E-state index contributed by atoms with van der Waals surface area (Å²) in [5.74, 6) is 0.194. The average Bonchev–Trinajstić information content (AvgIpc) is 3.03. The normalized spacial score (nSPS) is 14.1. The van der Waals surface area contributed by atoms with Gasteiger partial charge in [0, 0.05) is 35.3 Å². The number of ketones is 1. The molecule has 0 spiro atoms. The fourth-order valence-electron chi connectivity index (χ4n) is 4.13. The molecule has 0 N–H and O–H groups in total. The maximum Gasteiger partial charge on any atom is 0.189 e. The van der Waals surface area contributed by atoms with E-state index in [4.69, 9.17) is 0 Å². The molecule has 0 saturated heterocycles. The highest BCUT2D eigenvalue weighted by atomic mass is 16.1. The maximum absolute atomic E-state index is 13.1. The molecule has 0 aliphatic heterocycles. The molecule has 148 valence electrons. The molecule has 2 nitrogen and oxygen atoms in total. The number of pyridine rings is 1. The van der Waals surface area contributed by atoms with Crippen molar-refractivity contribution in [2.75, 3.05) is 0 Å². The minimum absolute atomic E-state index is 0. The smallest absolute Gasteiger partial charge is 0.189 e. The molecule has 1 aromatic heterocycles. The fraction of sp³-hybridized carbons (Fsp3) is 0.259. The van der Waals surface area contributed by atoms with E-state index in [1.807, 2.05) is 6.07 Å². The van der Waals surface area contributed by atoms with Gasteiger partial charge in [-0.1, -0.05) is 37.8 Å². The van der Waals surface area contributed by atoms with Crippen LogP contribution in [0.4, 0.5) is 0 Å². The summed E-state index contributed by atoms with van der Waals surface area (Å²) in [6.45, 7) is 9.35. The fourth-order valence-corrected chi connectivity index (χ4v) is 4.13. The molecule has 1 aliphatic carbocycles. The van der Waals surface area contributed by atoms with Crippen LogP contribution in [0.25, 0.3) is 6.08 Å². The van der Waals surface area contributed by atoms with Crippen molar-refractivity contribution in [2.45, 2.75) is 48.1 Å². The molecule has 2 aromatic carbocycles. The zero-order valence-electron chi connectivity index (χ0n) is 17.0. The summed E-state index contributed by atoms with van der Waals surface area (Å²) >= 11 is 0. The Morgan fingerprint density at radius 3 is 2.14 bits per heavy atom. The number of allylic oxidation sites excluding steroid dienone is 1. The van der Waals surface area contributed by atoms with Crippen molar-refractivity contribution in [3.05, 3.63) is 105 Å². The lowest BCUT2D eigenvalue weighted by Crippen LogP contribution is -2.33. The molecular formula is C27H30NO+. The SMILES string of the molecule is C.Cc1c(C)c(C)c2c(c1C)CC(=Cc1cc[n+](Cc3ccccc3)cc1)C2=O. The third-order valence-electron chi connectivity index (χ3n) is 6.17. The molecular weight excluding hydrogens is 354 g/mol. The molecule has 0 fully saturated rings. The number of Topliss-reactive ketones (excluding diaryl/α,β-unsaturated/α-hetero) is 1. The van der Waals surface area contributed by atoms with Gasteiger partial charge in [0.25, 0.3) is 0 Å². The first-order valence-corrected chi connectivity index (χ1v) is 9.83. The number of fused-ring (bicyclic) bond motifs is 1. The Balaban J connectivity index is 0.00000240. The standard InChI is InChI=1S/C26H26NO.CH4/c1-17-18(2)20(4)25-24(19(17)3)15-23(26(25)28)14-21-10-12-27(13-11-21)16-22-8-6-5-7-9-22;/h5-14H,15-16H2,1-4H3;1H4/q+1;. The van der Waals surface area contributed by atoms with E-state index < -0.39 is 0 Å². The van der Waals surface area contributed by atoms with Crippen LogP contribution in [0.1, 0.15) is 56.7 Å². The summed E-state index contributed by atoms with van der Waals surface area (Å²) in [6, 6.07) is 14.6. The molecule has 1 aliphatic rings. The van der Waals surface area contributed by atoms with Crippen molar-refractivity contribution in [2.24, 2.45) is 0 Å². The van der Waals surface area contributed by atoms with Crippen molar-refractivity contribution in [1.82, 2.24) is 0 Å². The Labute approximate surface area is 174 Å². The van der Waals surface area contributed by atoms with Crippen LogP contribution in [-0.2, 0) is 13.0 Å². The number of nitrogens with zero attached hydrogens (tertiary/aromatic N) is 1. The third kappa shape index (κ3) is 3.80. The lowest BCUT2D eigenvalue weighted by atomic mass is 9.90. The summed E-state index contributed by atoms with van der Waals surface area (Å²) in [6.07, 6.45) is 6.95. The van der Waals surface area contributed by atoms with Gasteiger partial charge in [0.05, 0.1) is 0 Å². The highest BCUT2D eigenvalue weighted by Gasteiger charge is 2.29. The van der Waals surface area contributed by atoms with E-state index in [1.165, 1.54) is 27.8 Å². The second kappa shape index (κ2) is 8.16. The Morgan fingerprint density at radius 2 is 1.48 bits per heavy atom. The molecule has 0 atom stereocenters. The molecule has 1 heterocycles. The van der Waals surface area contributed by atoms with Gasteiger partial charge in [0.1, 0.15) is 0 Å². The minimum Gasteiger partial charge on any atom is -0.289 e. The van der Waals surface area contributed by atoms with Crippen molar-refractivity contribution in [3.8, 4) is 0 Å². The molecule has 0 saturated carbocycles. The second-order valence-electron chi connectivity index (χ2n) is 7.82. The second-order valence-corrected chi connectivity index (χ2v) is 7.82. The van der Waals surface area contributed by atoms with E-state index in [1.54, 1.807) is 0 Å². The van der Waals surface area contributed by atoms with Crippen molar-refractivity contribution in [3.63, 3.8) is 0 Å². The van der Waals surface area contributed by atoms with Crippen molar-refractivity contribution >= 4 is 11.9 Å². The first kappa shape index (κ1) is 20.7. The van der Waals surface area contributed by atoms with E-state index in [2.05, 4.69) is 87.1 Å². The van der Waals surface area contributed by atoms with Crippen LogP contribution < -0.4 is 4.57 Å². The predicted octanol–water partition coefficient (Wildman–Crippen LogP) is 5.71. The third-order valence-corrected chi connectivity index (χ3v) is 6.17. The number of carbonyl (C=O) groups is 1. The van der Waals surface area contributed by atoms with Crippen LogP contribution >= 0.6 is 0 Å². The topological polar surface area (TPSA) is 20.9 Å². The molecule has 0 amide bonds. The van der Waals surface area contributed by atoms with Crippen LogP contribution in [0.15, 0.2) is 60.4 Å². The minimum atomic E-state index is 0. The number of aromatic nitrogens is 1. The summed E-state index contributed by atoms with van der Waals surface area (Å²) in [5.41, 5.74) is 10.4. The van der Waals surface area contributed by atoms with E-state index >= 15 is 0 Å². The first-order chi connectivity index (χ1) is 13.5. The number of hydrogen-bond donors (Lipinski definition) is 0. The molecule has 29 heavy (non-hydrogen) atoms. The Morgan fingerprint density at radius 1 is 0.862 bits per heavy atom. The van der Waals surface area contributed by atoms with E-state index in [-0.39, 0.29) is 13.2 Å². The van der Waals surface area contributed by atoms with Gasteiger partial charge in [0.2, 0.25) is 0 Å². The van der Waals surface area contributed by atoms with Gasteiger partial charge in [-0.25, -0.2) is 4.57 Å². The molecule has 0 bridgehead atoms. The molecule has 4 rings (SSSR count). The predicted molar refractivity (Wildman–Crippen MR) is 120 cm³/mol. The highest BCUT2D eigenvalue weighted by molar-refractivity contribution is 6.16. The molecule has 0 radical (unpaired) electrons. The zero-order chi connectivity index (χ0) is 19.8. The zero-order valence-corrected chi connectivity index (χ0v) is 17.0. The van der Waals surface area contributed by atoms with Crippen LogP contribution in [0.3, 0.4) is 0 Å². The molecule has 0 unspecified atom stereocenters.